The molecule has 0 saturated carbocycles. The molecular weight excluding hydrogens is 236 g/mol. The van der Waals surface area contributed by atoms with Gasteiger partial charge in [0, 0.05) is 6.61 Å². The molecule has 17 heavy (non-hydrogen) atoms. The van der Waals surface area contributed by atoms with Crippen LogP contribution in [0.2, 0.25) is 0 Å². The van der Waals surface area contributed by atoms with Gasteiger partial charge in [0.15, 0.2) is 0 Å². The molecule has 1 aromatic heterocycles. The second kappa shape index (κ2) is 5.60. The highest BCUT2D eigenvalue weighted by Gasteiger charge is 2.23. The van der Waals surface area contributed by atoms with Gasteiger partial charge in [-0.1, -0.05) is 13.8 Å². The number of nitrogens with one attached hydrogen (secondary N) is 1. The second-order valence-corrected chi connectivity index (χ2v) is 5.48. The molecule has 1 atom stereocenters. The van der Waals surface area contributed by atoms with E-state index in [1.54, 1.807) is 5.51 Å². The molecule has 94 valence electrons. The molecule has 1 aliphatic rings. The van der Waals surface area contributed by atoms with Crippen LogP contribution in [0.3, 0.4) is 0 Å². The van der Waals surface area contributed by atoms with Crippen molar-refractivity contribution in [2.24, 2.45) is 5.92 Å². The third-order valence-corrected chi connectivity index (χ3v) is 3.67. The van der Waals surface area contributed by atoms with E-state index in [1.165, 1.54) is 11.3 Å². The summed E-state index contributed by atoms with van der Waals surface area (Å²) in [6, 6.07) is 0. The molecule has 1 saturated heterocycles. The fraction of sp³-hybridized carbons (Fsp3) is 0.667. The van der Waals surface area contributed by atoms with E-state index in [2.05, 4.69) is 24.1 Å². The van der Waals surface area contributed by atoms with Crippen LogP contribution in [0.4, 0.5) is 5.00 Å². The molecule has 2 rings (SSSR count). The number of amides is 1. The number of carbonyl (C=O) groups excluding carboxylic acids is 1. The molecular formula is C12H18N2O2S. The van der Waals surface area contributed by atoms with Crippen LogP contribution in [0.15, 0.2) is 5.51 Å². The predicted octanol–water partition coefficient (Wildman–Crippen LogP) is 2.63. The van der Waals surface area contributed by atoms with Gasteiger partial charge in [0.2, 0.25) is 5.91 Å². The Kier molecular flexibility index (Phi) is 4.12. The Balaban J connectivity index is 1.99. The number of nitrogens with zero attached hydrogens (tertiary/aromatic N) is 1. The van der Waals surface area contributed by atoms with Gasteiger partial charge in [-0.15, -0.1) is 11.3 Å². The van der Waals surface area contributed by atoms with E-state index in [-0.39, 0.29) is 11.8 Å². The maximum atomic E-state index is 12.0. The van der Waals surface area contributed by atoms with Crippen molar-refractivity contribution in [1.29, 1.82) is 0 Å². The standard InChI is InChI=1S/C12H18N2O2S/c1-8(2)10-12(17-7-13-10)14-11(15)9-4-3-5-16-6-9/h7-9H,3-6H2,1-2H3,(H,14,15). The quantitative estimate of drug-likeness (QED) is 0.902. The minimum absolute atomic E-state index is 0.00846. The van der Waals surface area contributed by atoms with Gasteiger partial charge in [-0.3, -0.25) is 4.79 Å². The molecule has 1 unspecified atom stereocenters. The highest BCUT2D eigenvalue weighted by molar-refractivity contribution is 7.14. The average Bonchev–Trinajstić information content (AvgIpc) is 2.78. The Labute approximate surface area is 105 Å². The van der Waals surface area contributed by atoms with Crippen LogP contribution in [0.5, 0.6) is 0 Å². The Bertz CT molecular complexity index is 384. The first kappa shape index (κ1) is 12.5. The molecule has 0 bridgehead atoms. The summed E-state index contributed by atoms with van der Waals surface area (Å²) in [6.07, 6.45) is 1.89. The predicted molar refractivity (Wildman–Crippen MR) is 68.4 cm³/mol. The Morgan fingerprint density at radius 3 is 3.12 bits per heavy atom. The van der Waals surface area contributed by atoms with Crippen molar-refractivity contribution in [2.75, 3.05) is 18.5 Å². The summed E-state index contributed by atoms with van der Waals surface area (Å²) in [5.41, 5.74) is 2.75. The maximum absolute atomic E-state index is 12.0. The van der Waals surface area contributed by atoms with Crippen molar-refractivity contribution >= 4 is 22.2 Å². The summed E-state index contributed by atoms with van der Waals surface area (Å²) in [5, 5.41) is 3.86. The zero-order chi connectivity index (χ0) is 12.3. The van der Waals surface area contributed by atoms with Crippen LogP contribution < -0.4 is 5.32 Å². The highest BCUT2D eigenvalue weighted by atomic mass is 32.1. The monoisotopic (exact) mass is 254 g/mol. The molecule has 1 fully saturated rings. The number of carbonyl (C=O) groups is 1. The summed E-state index contributed by atoms with van der Waals surface area (Å²) < 4.78 is 5.33. The molecule has 1 aromatic rings. The number of hydrogen-bond acceptors (Lipinski definition) is 4. The number of ether oxygens (including phenoxy) is 1. The average molecular weight is 254 g/mol. The first-order valence-electron chi connectivity index (χ1n) is 6.00. The van der Waals surface area contributed by atoms with Crippen molar-refractivity contribution < 1.29 is 9.53 Å². The third kappa shape index (κ3) is 3.04. The topological polar surface area (TPSA) is 51.2 Å². The van der Waals surface area contributed by atoms with Gasteiger partial charge >= 0.3 is 0 Å². The van der Waals surface area contributed by atoms with E-state index in [0.29, 0.717) is 12.5 Å². The number of aromatic nitrogens is 1. The van der Waals surface area contributed by atoms with Crippen LogP contribution >= 0.6 is 11.3 Å². The second-order valence-electron chi connectivity index (χ2n) is 4.62. The lowest BCUT2D eigenvalue weighted by atomic mass is 10.0. The van der Waals surface area contributed by atoms with Crippen LogP contribution in [-0.4, -0.2) is 24.1 Å². The van der Waals surface area contributed by atoms with Gasteiger partial charge in [-0.05, 0) is 18.8 Å². The van der Waals surface area contributed by atoms with Gasteiger partial charge in [-0.2, -0.15) is 0 Å². The molecule has 4 nitrogen and oxygen atoms in total. The van der Waals surface area contributed by atoms with Gasteiger partial charge in [0.05, 0.1) is 23.7 Å². The highest BCUT2D eigenvalue weighted by Crippen LogP contribution is 2.28. The molecule has 5 heteroatoms. The van der Waals surface area contributed by atoms with Crippen LogP contribution in [-0.2, 0) is 9.53 Å². The summed E-state index contributed by atoms with van der Waals surface area (Å²) in [4.78, 5) is 16.3. The lowest BCUT2D eigenvalue weighted by Crippen LogP contribution is -2.30. The van der Waals surface area contributed by atoms with Crippen LogP contribution in [0.1, 0.15) is 38.3 Å². The van der Waals surface area contributed by atoms with E-state index >= 15 is 0 Å². The molecule has 1 aliphatic heterocycles. The van der Waals surface area contributed by atoms with Crippen LogP contribution in [0.25, 0.3) is 0 Å². The first-order chi connectivity index (χ1) is 8.18. The molecule has 0 aliphatic carbocycles. The van der Waals surface area contributed by atoms with Crippen LogP contribution in [0, 0.1) is 5.92 Å². The largest absolute Gasteiger partial charge is 0.381 e. The van der Waals surface area contributed by atoms with Crippen molar-refractivity contribution in [2.45, 2.75) is 32.6 Å². The molecule has 0 aromatic carbocycles. The van der Waals surface area contributed by atoms with E-state index in [0.717, 1.165) is 30.1 Å². The number of anilines is 1. The van der Waals surface area contributed by atoms with Gasteiger partial charge in [-0.25, -0.2) is 4.98 Å². The van der Waals surface area contributed by atoms with Gasteiger partial charge in [0.25, 0.3) is 0 Å². The maximum Gasteiger partial charge on any atom is 0.230 e. The van der Waals surface area contributed by atoms with E-state index in [9.17, 15) is 4.79 Å². The summed E-state index contributed by atoms with van der Waals surface area (Å²) >= 11 is 1.49. The smallest absolute Gasteiger partial charge is 0.230 e. The summed E-state index contributed by atoms with van der Waals surface area (Å²) in [6.45, 7) is 5.48. The van der Waals surface area contributed by atoms with Gasteiger partial charge in [0.1, 0.15) is 5.00 Å². The molecule has 1 N–H and O–H groups in total. The van der Waals surface area contributed by atoms with Crippen molar-refractivity contribution in [3.05, 3.63) is 11.2 Å². The number of thiazole rings is 1. The van der Waals surface area contributed by atoms with E-state index < -0.39 is 0 Å². The lowest BCUT2D eigenvalue weighted by Gasteiger charge is -2.21. The van der Waals surface area contributed by atoms with Crippen molar-refractivity contribution in [1.82, 2.24) is 4.98 Å². The van der Waals surface area contributed by atoms with Crippen molar-refractivity contribution in [3.63, 3.8) is 0 Å². The first-order valence-corrected chi connectivity index (χ1v) is 6.88. The zero-order valence-electron chi connectivity index (χ0n) is 10.2. The summed E-state index contributed by atoms with van der Waals surface area (Å²) in [7, 11) is 0. The van der Waals surface area contributed by atoms with E-state index in [1.807, 2.05) is 0 Å². The fourth-order valence-corrected chi connectivity index (χ4v) is 2.76. The molecule has 2 heterocycles. The van der Waals surface area contributed by atoms with E-state index in [4.69, 9.17) is 4.74 Å². The molecule has 0 spiro atoms. The third-order valence-electron chi connectivity index (χ3n) is 2.91. The van der Waals surface area contributed by atoms with Gasteiger partial charge < -0.3 is 10.1 Å². The molecule has 1 amide bonds. The zero-order valence-corrected chi connectivity index (χ0v) is 11.0. The Morgan fingerprint density at radius 2 is 2.47 bits per heavy atom. The van der Waals surface area contributed by atoms with Crippen molar-refractivity contribution in [3.8, 4) is 0 Å². The minimum atomic E-state index is -0.00846. The Morgan fingerprint density at radius 1 is 1.65 bits per heavy atom. The number of hydrogen-bond donors (Lipinski definition) is 1. The fourth-order valence-electron chi connectivity index (χ4n) is 1.92. The summed E-state index contributed by atoms with van der Waals surface area (Å²) in [5.74, 6) is 0.390. The Hall–Kier alpha value is -0.940. The number of rotatable bonds is 3. The molecule has 0 radical (unpaired) electrons. The normalized spacial score (nSPS) is 20.5. The SMILES string of the molecule is CC(C)c1ncsc1NC(=O)C1CCCOC1. The minimum Gasteiger partial charge on any atom is -0.381 e. The lowest BCUT2D eigenvalue weighted by molar-refractivity contribution is -0.123.